The number of nitrogens with zero attached hydrogens (tertiary/aromatic N) is 1. The zero-order chi connectivity index (χ0) is 16.4. The Labute approximate surface area is 135 Å². The third kappa shape index (κ3) is 3.42. The molecule has 2 N–H and O–H groups in total. The van der Waals surface area contributed by atoms with Gasteiger partial charge >= 0.3 is 6.03 Å². The molecule has 0 spiro atoms. The lowest BCUT2D eigenvalue weighted by molar-refractivity contribution is 0.231. The molecule has 3 rings (SSSR count). The first-order valence-corrected chi connectivity index (χ1v) is 7.98. The Morgan fingerprint density at radius 3 is 3.09 bits per heavy atom. The number of nitrogens with one attached hydrogen (secondary N) is 2. The number of ether oxygens (including phenoxy) is 1. The van der Waals surface area contributed by atoms with Crippen LogP contribution in [0.25, 0.3) is 0 Å². The van der Waals surface area contributed by atoms with Gasteiger partial charge in [-0.15, -0.1) is 11.3 Å². The van der Waals surface area contributed by atoms with Crippen molar-refractivity contribution in [2.24, 2.45) is 0 Å². The number of carbonyl (C=O) groups excluding carboxylic acids is 1. The molecule has 5 nitrogen and oxygen atoms in total. The lowest BCUT2D eigenvalue weighted by atomic mass is 10.1. The van der Waals surface area contributed by atoms with Gasteiger partial charge in [0.15, 0.2) is 0 Å². The van der Waals surface area contributed by atoms with Crippen molar-refractivity contribution in [3.05, 3.63) is 45.9 Å². The molecule has 1 aliphatic heterocycles. The number of urea groups is 1. The van der Waals surface area contributed by atoms with Gasteiger partial charge in [0.1, 0.15) is 24.0 Å². The average Bonchev–Trinajstić information content (AvgIpc) is 3.14. The van der Waals surface area contributed by atoms with Crippen LogP contribution in [0.1, 0.15) is 29.5 Å². The number of fused-ring (bicyclic) bond motifs is 1. The smallest absolute Gasteiger partial charge is 0.315 e. The molecule has 8 heteroatoms. The summed E-state index contributed by atoms with van der Waals surface area (Å²) in [5.74, 6) is -1.22. The third-order valence-corrected chi connectivity index (χ3v) is 4.56. The minimum absolute atomic E-state index is 0.0746. The number of aromatic nitrogens is 1. The quantitative estimate of drug-likeness (QED) is 0.900. The zero-order valence-corrected chi connectivity index (χ0v) is 13.1. The van der Waals surface area contributed by atoms with Gasteiger partial charge in [0.2, 0.25) is 0 Å². The second kappa shape index (κ2) is 6.49. The molecule has 23 heavy (non-hydrogen) atoms. The van der Waals surface area contributed by atoms with E-state index in [4.69, 9.17) is 4.74 Å². The predicted octanol–water partition coefficient (Wildman–Crippen LogP) is 2.96. The van der Waals surface area contributed by atoms with Crippen LogP contribution in [0, 0.1) is 11.6 Å². The summed E-state index contributed by atoms with van der Waals surface area (Å²) in [6.07, 6.45) is 1.71. The van der Waals surface area contributed by atoms with E-state index in [0.29, 0.717) is 6.54 Å². The Balaban J connectivity index is 1.58. The molecule has 0 radical (unpaired) electrons. The molecule has 2 aromatic rings. The number of carbonyl (C=O) groups is 1. The van der Waals surface area contributed by atoms with Gasteiger partial charge in [0.25, 0.3) is 0 Å². The second-order valence-corrected chi connectivity index (χ2v) is 6.21. The normalized spacial score (nSPS) is 17.3. The van der Waals surface area contributed by atoms with Crippen molar-refractivity contribution in [3.8, 4) is 5.75 Å². The predicted molar refractivity (Wildman–Crippen MR) is 81.7 cm³/mol. The molecule has 0 aliphatic carbocycles. The van der Waals surface area contributed by atoms with Crippen molar-refractivity contribution >= 4 is 17.4 Å². The fourth-order valence-electron chi connectivity index (χ4n) is 2.41. The van der Waals surface area contributed by atoms with Crippen LogP contribution in [0.2, 0.25) is 0 Å². The molecule has 1 aromatic carbocycles. The summed E-state index contributed by atoms with van der Waals surface area (Å²) in [5, 5.41) is 8.17. The number of amides is 2. The van der Waals surface area contributed by atoms with Gasteiger partial charge in [-0.2, -0.15) is 0 Å². The van der Waals surface area contributed by atoms with Crippen molar-refractivity contribution < 1.29 is 18.3 Å². The first kappa shape index (κ1) is 15.7. The summed E-state index contributed by atoms with van der Waals surface area (Å²) in [4.78, 5) is 16.2. The molecule has 0 unspecified atom stereocenters. The van der Waals surface area contributed by atoms with Gasteiger partial charge in [0, 0.05) is 36.2 Å². The second-order valence-electron chi connectivity index (χ2n) is 5.29. The molecule has 0 saturated carbocycles. The molecule has 2 amide bonds. The summed E-state index contributed by atoms with van der Waals surface area (Å²) in [7, 11) is 0. The number of thiazole rings is 1. The van der Waals surface area contributed by atoms with Gasteiger partial charge in [-0.1, -0.05) is 6.92 Å². The van der Waals surface area contributed by atoms with Crippen LogP contribution in [0.4, 0.5) is 13.6 Å². The highest BCUT2D eigenvalue weighted by molar-refractivity contribution is 7.09. The SMILES string of the molecule is C[C@@H](CNC(=O)N[C@H]1COc2cc(F)cc(F)c21)c1nccs1. The minimum atomic E-state index is -0.723. The highest BCUT2D eigenvalue weighted by Gasteiger charge is 2.30. The van der Waals surface area contributed by atoms with Gasteiger partial charge in [0.05, 0.1) is 16.6 Å². The topological polar surface area (TPSA) is 63.2 Å². The van der Waals surface area contributed by atoms with Crippen molar-refractivity contribution in [2.45, 2.75) is 18.9 Å². The summed E-state index contributed by atoms with van der Waals surface area (Å²) in [6, 6.07) is 0.826. The molecule has 2 heterocycles. The van der Waals surface area contributed by atoms with E-state index >= 15 is 0 Å². The van der Waals surface area contributed by atoms with E-state index < -0.39 is 23.7 Å². The maximum atomic E-state index is 13.9. The molecular weight excluding hydrogens is 324 g/mol. The van der Waals surface area contributed by atoms with E-state index in [1.165, 1.54) is 11.3 Å². The Kier molecular flexibility index (Phi) is 4.42. The van der Waals surface area contributed by atoms with E-state index in [9.17, 15) is 13.6 Å². The van der Waals surface area contributed by atoms with Gasteiger partial charge in [-0.25, -0.2) is 18.6 Å². The monoisotopic (exact) mass is 339 g/mol. The zero-order valence-electron chi connectivity index (χ0n) is 12.3. The van der Waals surface area contributed by atoms with E-state index in [1.807, 2.05) is 12.3 Å². The lowest BCUT2D eigenvalue weighted by Gasteiger charge is -2.15. The van der Waals surface area contributed by atoms with Gasteiger partial charge in [-0.05, 0) is 0 Å². The Bertz CT molecular complexity index is 709. The van der Waals surface area contributed by atoms with E-state index in [-0.39, 0.29) is 23.8 Å². The standard InChI is InChI=1S/C15H15F2N3O2S/c1-8(14-18-2-3-23-14)6-19-15(21)20-11-7-22-12-5-9(16)4-10(17)13(11)12/h2-5,8,11H,6-7H2,1H3,(H2,19,20,21)/t8-,11-/m0/s1. The van der Waals surface area contributed by atoms with E-state index in [1.54, 1.807) is 6.20 Å². The molecule has 1 aromatic heterocycles. The Morgan fingerprint density at radius 2 is 2.35 bits per heavy atom. The maximum absolute atomic E-state index is 13.9. The Morgan fingerprint density at radius 1 is 1.52 bits per heavy atom. The first-order valence-electron chi connectivity index (χ1n) is 7.10. The lowest BCUT2D eigenvalue weighted by Crippen LogP contribution is -2.40. The summed E-state index contributed by atoms with van der Waals surface area (Å²) < 4.78 is 32.2. The van der Waals surface area contributed by atoms with E-state index in [2.05, 4.69) is 15.6 Å². The minimum Gasteiger partial charge on any atom is -0.490 e. The maximum Gasteiger partial charge on any atom is 0.315 e. The van der Waals surface area contributed by atoms with Crippen LogP contribution in [0.15, 0.2) is 23.7 Å². The van der Waals surface area contributed by atoms with Crippen LogP contribution < -0.4 is 15.4 Å². The molecule has 2 atom stereocenters. The molecule has 0 saturated heterocycles. The van der Waals surface area contributed by atoms with Crippen molar-refractivity contribution in [3.63, 3.8) is 0 Å². The first-order chi connectivity index (χ1) is 11.0. The number of hydrogen-bond acceptors (Lipinski definition) is 4. The van der Waals surface area contributed by atoms with Gasteiger partial charge < -0.3 is 15.4 Å². The summed E-state index contributed by atoms with van der Waals surface area (Å²) in [5.41, 5.74) is 0.175. The largest absolute Gasteiger partial charge is 0.490 e. The molecule has 122 valence electrons. The van der Waals surface area contributed by atoms with Crippen LogP contribution in [-0.4, -0.2) is 24.2 Å². The van der Waals surface area contributed by atoms with Gasteiger partial charge in [-0.3, -0.25) is 0 Å². The Hall–Kier alpha value is -2.22. The van der Waals surface area contributed by atoms with Crippen LogP contribution >= 0.6 is 11.3 Å². The third-order valence-electron chi connectivity index (χ3n) is 3.56. The average molecular weight is 339 g/mol. The van der Waals surface area contributed by atoms with Crippen molar-refractivity contribution in [2.75, 3.05) is 13.2 Å². The fraction of sp³-hybridized carbons (Fsp3) is 0.333. The summed E-state index contributed by atoms with van der Waals surface area (Å²) in [6.45, 7) is 2.44. The fourth-order valence-corrected chi connectivity index (χ4v) is 3.11. The number of rotatable bonds is 4. The van der Waals surface area contributed by atoms with Crippen LogP contribution in [0.3, 0.4) is 0 Å². The highest BCUT2D eigenvalue weighted by atomic mass is 32.1. The van der Waals surface area contributed by atoms with Crippen molar-refractivity contribution in [1.82, 2.24) is 15.6 Å². The van der Waals surface area contributed by atoms with Crippen LogP contribution in [-0.2, 0) is 0 Å². The summed E-state index contributed by atoms with van der Waals surface area (Å²) >= 11 is 1.52. The van der Waals surface area contributed by atoms with E-state index in [0.717, 1.165) is 17.1 Å². The molecule has 0 bridgehead atoms. The number of hydrogen-bond donors (Lipinski definition) is 2. The molecule has 1 aliphatic rings. The molecule has 0 fully saturated rings. The number of halogens is 2. The molecular formula is C15H15F2N3O2S. The van der Waals surface area contributed by atoms with Crippen molar-refractivity contribution in [1.29, 1.82) is 0 Å². The van der Waals surface area contributed by atoms with Crippen LogP contribution in [0.5, 0.6) is 5.75 Å². The number of benzene rings is 1. The highest BCUT2D eigenvalue weighted by Crippen LogP contribution is 2.35.